The molecule has 1 aliphatic rings. The third-order valence-corrected chi connectivity index (χ3v) is 3.19. The Morgan fingerprint density at radius 2 is 1.74 bits per heavy atom. The molecule has 0 saturated carbocycles. The molecule has 1 N–H and O–H groups in total. The summed E-state index contributed by atoms with van der Waals surface area (Å²) in [7, 11) is 3.11. The lowest BCUT2D eigenvalue weighted by Gasteiger charge is -2.25. The van der Waals surface area contributed by atoms with Crippen LogP contribution in [0.3, 0.4) is 0 Å². The second-order valence-corrected chi connectivity index (χ2v) is 4.44. The molecule has 1 aromatic rings. The first-order valence-electron chi connectivity index (χ1n) is 6.37. The van der Waals surface area contributed by atoms with Crippen molar-refractivity contribution in [1.82, 2.24) is 5.32 Å². The van der Waals surface area contributed by atoms with Gasteiger partial charge in [0, 0.05) is 5.56 Å². The molecule has 0 amide bonds. The van der Waals surface area contributed by atoms with Crippen molar-refractivity contribution >= 4 is 6.29 Å². The van der Waals surface area contributed by atoms with Gasteiger partial charge in [-0.3, -0.25) is 4.79 Å². The molecule has 0 spiro atoms. The molecule has 0 bridgehead atoms. The second-order valence-electron chi connectivity index (χ2n) is 4.44. The first kappa shape index (κ1) is 13.7. The number of carbonyl (C=O) groups excluding carboxylic acids is 1. The quantitative estimate of drug-likeness (QED) is 0.820. The Labute approximate surface area is 112 Å². The van der Waals surface area contributed by atoms with E-state index >= 15 is 0 Å². The Hall–Kier alpha value is -1.75. The number of benzene rings is 1. The predicted molar refractivity (Wildman–Crippen MR) is 71.5 cm³/mol. The SMILES string of the molecule is COc1cc(C=O)cc(OC)c1OC1CCNCC1. The van der Waals surface area contributed by atoms with Crippen LogP contribution in [0.25, 0.3) is 0 Å². The van der Waals surface area contributed by atoms with E-state index in [0.29, 0.717) is 22.8 Å². The van der Waals surface area contributed by atoms with E-state index in [9.17, 15) is 4.79 Å². The fourth-order valence-corrected chi connectivity index (χ4v) is 2.16. The molecule has 104 valence electrons. The van der Waals surface area contributed by atoms with Gasteiger partial charge in [0.05, 0.1) is 14.2 Å². The lowest BCUT2D eigenvalue weighted by Crippen LogP contribution is -2.34. The molecule has 0 aliphatic carbocycles. The minimum Gasteiger partial charge on any atom is -0.493 e. The Balaban J connectivity index is 2.27. The van der Waals surface area contributed by atoms with Crippen LogP contribution < -0.4 is 19.5 Å². The van der Waals surface area contributed by atoms with Gasteiger partial charge >= 0.3 is 0 Å². The largest absolute Gasteiger partial charge is 0.493 e. The molecule has 5 heteroatoms. The number of carbonyl (C=O) groups is 1. The van der Waals surface area contributed by atoms with Crippen molar-refractivity contribution in [3.8, 4) is 17.2 Å². The number of piperidine rings is 1. The predicted octanol–water partition coefficient (Wildman–Crippen LogP) is 1.65. The summed E-state index contributed by atoms with van der Waals surface area (Å²) in [5, 5.41) is 3.29. The van der Waals surface area contributed by atoms with E-state index in [-0.39, 0.29) is 6.10 Å². The van der Waals surface area contributed by atoms with Crippen molar-refractivity contribution < 1.29 is 19.0 Å². The summed E-state index contributed by atoms with van der Waals surface area (Å²) < 4.78 is 16.6. The van der Waals surface area contributed by atoms with E-state index in [1.54, 1.807) is 26.4 Å². The lowest BCUT2D eigenvalue weighted by molar-refractivity contribution is 0.112. The summed E-state index contributed by atoms with van der Waals surface area (Å²) in [6.07, 6.45) is 2.80. The van der Waals surface area contributed by atoms with Crippen LogP contribution >= 0.6 is 0 Å². The Bertz CT molecular complexity index is 416. The minimum absolute atomic E-state index is 0.145. The van der Waals surface area contributed by atoms with E-state index in [2.05, 4.69) is 5.32 Å². The third-order valence-electron chi connectivity index (χ3n) is 3.19. The number of ether oxygens (including phenoxy) is 3. The Morgan fingerprint density at radius 1 is 1.16 bits per heavy atom. The van der Waals surface area contributed by atoms with Gasteiger partial charge in [0.2, 0.25) is 5.75 Å². The van der Waals surface area contributed by atoms with Crippen molar-refractivity contribution in [2.45, 2.75) is 18.9 Å². The van der Waals surface area contributed by atoms with Crippen LogP contribution in [0, 0.1) is 0 Å². The van der Waals surface area contributed by atoms with Gasteiger partial charge in [-0.25, -0.2) is 0 Å². The number of hydrogen-bond acceptors (Lipinski definition) is 5. The molecule has 0 atom stereocenters. The zero-order chi connectivity index (χ0) is 13.7. The number of nitrogens with one attached hydrogen (secondary N) is 1. The Morgan fingerprint density at radius 3 is 2.21 bits per heavy atom. The summed E-state index contributed by atoms with van der Waals surface area (Å²) in [6, 6.07) is 3.32. The summed E-state index contributed by atoms with van der Waals surface area (Å²) in [5.41, 5.74) is 0.506. The van der Waals surface area contributed by atoms with Crippen LogP contribution in [-0.4, -0.2) is 39.7 Å². The van der Waals surface area contributed by atoms with E-state index in [1.165, 1.54) is 0 Å². The van der Waals surface area contributed by atoms with Gasteiger partial charge < -0.3 is 19.5 Å². The zero-order valence-corrected chi connectivity index (χ0v) is 11.3. The smallest absolute Gasteiger partial charge is 0.203 e. The molecule has 2 rings (SSSR count). The zero-order valence-electron chi connectivity index (χ0n) is 11.3. The van der Waals surface area contributed by atoms with Gasteiger partial charge in [0.1, 0.15) is 12.4 Å². The molecule has 1 heterocycles. The van der Waals surface area contributed by atoms with Crippen LogP contribution in [0.4, 0.5) is 0 Å². The average Bonchev–Trinajstić information content (AvgIpc) is 2.48. The summed E-state index contributed by atoms with van der Waals surface area (Å²) in [4.78, 5) is 10.9. The van der Waals surface area contributed by atoms with Crippen LogP contribution in [0.2, 0.25) is 0 Å². The number of aldehydes is 1. The fraction of sp³-hybridized carbons (Fsp3) is 0.500. The number of rotatable bonds is 5. The van der Waals surface area contributed by atoms with E-state index in [0.717, 1.165) is 32.2 Å². The van der Waals surface area contributed by atoms with Gasteiger partial charge in [0.25, 0.3) is 0 Å². The molecule has 1 saturated heterocycles. The maximum absolute atomic E-state index is 10.9. The van der Waals surface area contributed by atoms with Crippen LogP contribution in [0.15, 0.2) is 12.1 Å². The maximum Gasteiger partial charge on any atom is 0.203 e. The topological polar surface area (TPSA) is 56.8 Å². The van der Waals surface area contributed by atoms with Crippen molar-refractivity contribution in [2.75, 3.05) is 27.3 Å². The number of hydrogen-bond donors (Lipinski definition) is 1. The highest BCUT2D eigenvalue weighted by atomic mass is 16.5. The molecular weight excluding hydrogens is 246 g/mol. The highest BCUT2D eigenvalue weighted by molar-refractivity contribution is 5.78. The van der Waals surface area contributed by atoms with Crippen LogP contribution in [0.5, 0.6) is 17.2 Å². The first-order valence-corrected chi connectivity index (χ1v) is 6.37. The van der Waals surface area contributed by atoms with E-state index in [4.69, 9.17) is 14.2 Å². The molecule has 1 aromatic carbocycles. The van der Waals surface area contributed by atoms with Crippen molar-refractivity contribution in [2.24, 2.45) is 0 Å². The molecule has 0 unspecified atom stereocenters. The number of methoxy groups -OCH3 is 2. The highest BCUT2D eigenvalue weighted by Crippen LogP contribution is 2.39. The van der Waals surface area contributed by atoms with Gasteiger partial charge in [-0.1, -0.05) is 0 Å². The van der Waals surface area contributed by atoms with E-state index in [1.807, 2.05) is 0 Å². The summed E-state index contributed by atoms with van der Waals surface area (Å²) in [5.74, 6) is 1.63. The van der Waals surface area contributed by atoms with Gasteiger partial charge in [-0.2, -0.15) is 0 Å². The molecule has 0 radical (unpaired) electrons. The maximum atomic E-state index is 10.9. The third kappa shape index (κ3) is 3.17. The molecule has 5 nitrogen and oxygen atoms in total. The first-order chi connectivity index (χ1) is 9.28. The standard InChI is InChI=1S/C14H19NO4/c1-17-12-7-10(9-16)8-13(18-2)14(12)19-11-3-5-15-6-4-11/h7-9,11,15H,3-6H2,1-2H3. The molecule has 19 heavy (non-hydrogen) atoms. The molecule has 1 aliphatic heterocycles. The van der Waals surface area contributed by atoms with E-state index < -0.39 is 0 Å². The van der Waals surface area contributed by atoms with Gasteiger partial charge in [-0.15, -0.1) is 0 Å². The highest BCUT2D eigenvalue weighted by Gasteiger charge is 2.20. The molecular formula is C14H19NO4. The average molecular weight is 265 g/mol. The van der Waals surface area contributed by atoms with Gasteiger partial charge in [-0.05, 0) is 38.1 Å². The second kappa shape index (κ2) is 6.43. The molecule has 0 aromatic heterocycles. The van der Waals surface area contributed by atoms with Crippen molar-refractivity contribution in [3.63, 3.8) is 0 Å². The monoisotopic (exact) mass is 265 g/mol. The normalized spacial score (nSPS) is 15.9. The van der Waals surface area contributed by atoms with Crippen LogP contribution in [0.1, 0.15) is 23.2 Å². The summed E-state index contributed by atoms with van der Waals surface area (Å²) >= 11 is 0. The summed E-state index contributed by atoms with van der Waals surface area (Å²) in [6.45, 7) is 1.89. The fourth-order valence-electron chi connectivity index (χ4n) is 2.16. The minimum atomic E-state index is 0.145. The molecule has 1 fully saturated rings. The van der Waals surface area contributed by atoms with Crippen molar-refractivity contribution in [3.05, 3.63) is 17.7 Å². The van der Waals surface area contributed by atoms with Crippen molar-refractivity contribution in [1.29, 1.82) is 0 Å². The van der Waals surface area contributed by atoms with Gasteiger partial charge in [0.15, 0.2) is 11.5 Å². The Kier molecular flexibility index (Phi) is 4.63. The van der Waals surface area contributed by atoms with Crippen LogP contribution in [-0.2, 0) is 0 Å². The lowest BCUT2D eigenvalue weighted by atomic mass is 10.1.